The van der Waals surface area contributed by atoms with Gasteiger partial charge in [0.25, 0.3) is 0 Å². The number of aromatic hydroxyl groups is 1. The number of rotatable bonds is 4. The van der Waals surface area contributed by atoms with E-state index in [1.165, 1.54) is 0 Å². The maximum atomic E-state index is 11.0. The second kappa shape index (κ2) is 7.42. The van der Waals surface area contributed by atoms with Gasteiger partial charge < -0.3 is 15.2 Å². The van der Waals surface area contributed by atoms with Gasteiger partial charge in [-0.25, -0.2) is 4.79 Å². The summed E-state index contributed by atoms with van der Waals surface area (Å²) in [4.78, 5) is 13.9. The summed E-state index contributed by atoms with van der Waals surface area (Å²) < 4.78 is 0. The van der Waals surface area contributed by atoms with Gasteiger partial charge >= 0.3 is 5.97 Å². The third-order valence-electron chi connectivity index (χ3n) is 5.19. The average molecular weight is 407 g/mol. The third-order valence-corrected chi connectivity index (χ3v) is 5.19. The summed E-state index contributed by atoms with van der Waals surface area (Å²) in [6.07, 6.45) is 5.65. The van der Waals surface area contributed by atoms with Crippen LogP contribution >= 0.6 is 0 Å². The van der Waals surface area contributed by atoms with Crippen molar-refractivity contribution in [2.75, 3.05) is 0 Å². The molecule has 0 saturated heterocycles. The van der Waals surface area contributed by atoms with Crippen LogP contribution in [0.5, 0.6) is 5.88 Å². The molecule has 0 amide bonds. The second-order valence-corrected chi connectivity index (χ2v) is 7.20. The van der Waals surface area contributed by atoms with Crippen molar-refractivity contribution in [1.29, 1.82) is 0 Å². The highest BCUT2D eigenvalue weighted by atomic mass is 16.4. The fourth-order valence-corrected chi connectivity index (χ4v) is 3.60. The molecule has 6 nitrogen and oxygen atoms in total. The fraction of sp³-hybridized carbons (Fsp3) is 0. The molecule has 0 fully saturated rings. The fourth-order valence-electron chi connectivity index (χ4n) is 3.60. The zero-order valence-corrected chi connectivity index (χ0v) is 16.3. The van der Waals surface area contributed by atoms with E-state index >= 15 is 0 Å². The molecule has 1 aromatic heterocycles. The molecule has 0 atom stereocenters. The van der Waals surface area contributed by atoms with Crippen LogP contribution in [0.3, 0.4) is 0 Å². The van der Waals surface area contributed by atoms with Gasteiger partial charge in [0, 0.05) is 21.7 Å². The average Bonchev–Trinajstić information content (AvgIpc) is 3.33. The van der Waals surface area contributed by atoms with E-state index in [0.717, 1.165) is 43.9 Å². The highest BCUT2D eigenvalue weighted by Gasteiger charge is 2.09. The first-order valence-corrected chi connectivity index (χ1v) is 9.67. The standard InChI is InChI=1S/C25H17N3O3/c29-24-20(18-3-1-2-4-21(18)26-24)13-16-7-11-19-22(27-28-23(19)14-16)12-8-15-5-9-17(10-6-15)25(30)31/h1-14,26,29H,(H,30,31)/b12-8+,16-13+. The summed E-state index contributed by atoms with van der Waals surface area (Å²) in [5, 5.41) is 30.6. The number of carbonyl (C=O) groups is 1. The molecule has 6 heteroatoms. The number of hydrogen-bond acceptors (Lipinski definition) is 4. The Kier molecular flexibility index (Phi) is 4.45. The van der Waals surface area contributed by atoms with Gasteiger partial charge in [-0.2, -0.15) is 0 Å². The van der Waals surface area contributed by atoms with Crippen LogP contribution in [0, 0.1) is 0 Å². The zero-order valence-electron chi connectivity index (χ0n) is 16.3. The number of aromatic carboxylic acids is 1. The molecular weight excluding hydrogens is 390 g/mol. The van der Waals surface area contributed by atoms with Gasteiger partial charge in [0.1, 0.15) is 0 Å². The van der Waals surface area contributed by atoms with E-state index in [1.807, 2.05) is 60.7 Å². The van der Waals surface area contributed by atoms with Crippen molar-refractivity contribution in [3.8, 4) is 5.88 Å². The van der Waals surface area contributed by atoms with E-state index in [1.54, 1.807) is 24.3 Å². The third kappa shape index (κ3) is 3.51. The zero-order chi connectivity index (χ0) is 21.4. The molecule has 2 heterocycles. The van der Waals surface area contributed by atoms with Gasteiger partial charge in [-0.3, -0.25) is 0 Å². The molecule has 1 aliphatic rings. The number of nitrogens with zero attached hydrogens (tertiary/aromatic N) is 2. The first-order valence-electron chi connectivity index (χ1n) is 9.67. The molecule has 31 heavy (non-hydrogen) atoms. The number of benzene rings is 3. The molecule has 0 saturated carbocycles. The van der Waals surface area contributed by atoms with Gasteiger partial charge in [-0.1, -0.05) is 42.5 Å². The molecule has 0 spiro atoms. The summed E-state index contributed by atoms with van der Waals surface area (Å²) >= 11 is 0. The number of azo groups is 1. The Labute approximate surface area is 176 Å². The molecule has 0 aliphatic carbocycles. The van der Waals surface area contributed by atoms with E-state index in [0.29, 0.717) is 0 Å². The van der Waals surface area contributed by atoms with E-state index in [-0.39, 0.29) is 11.4 Å². The lowest BCUT2D eigenvalue weighted by molar-refractivity contribution is 0.0697. The van der Waals surface area contributed by atoms with Gasteiger partial charge in [0.15, 0.2) is 5.88 Å². The number of carboxylic acids is 1. The van der Waals surface area contributed by atoms with Crippen molar-refractivity contribution < 1.29 is 15.0 Å². The number of aromatic nitrogens is 1. The van der Waals surface area contributed by atoms with Crippen molar-refractivity contribution >= 4 is 40.4 Å². The highest BCUT2D eigenvalue weighted by molar-refractivity contribution is 5.91. The molecular formula is C25H17N3O3. The van der Waals surface area contributed by atoms with Crippen molar-refractivity contribution in [3.63, 3.8) is 0 Å². The van der Waals surface area contributed by atoms with E-state index < -0.39 is 5.97 Å². The number of hydrogen-bond donors (Lipinski definition) is 3. The Bertz CT molecular complexity index is 1510. The minimum Gasteiger partial charge on any atom is -0.494 e. The van der Waals surface area contributed by atoms with Crippen LogP contribution in [0.2, 0.25) is 0 Å². The lowest BCUT2D eigenvalue weighted by atomic mass is 10.1. The van der Waals surface area contributed by atoms with Gasteiger partial charge in [0.2, 0.25) is 0 Å². The minimum absolute atomic E-state index is 0.132. The Morgan fingerprint density at radius 1 is 0.935 bits per heavy atom. The molecule has 0 radical (unpaired) electrons. The van der Waals surface area contributed by atoms with Crippen molar-refractivity contribution in [3.05, 3.63) is 99.9 Å². The summed E-state index contributed by atoms with van der Waals surface area (Å²) in [5.41, 5.74) is 4.23. The second-order valence-electron chi connectivity index (χ2n) is 7.20. The van der Waals surface area contributed by atoms with Crippen LogP contribution in [0.15, 0.2) is 83.0 Å². The van der Waals surface area contributed by atoms with Crippen LogP contribution in [-0.2, 0) is 0 Å². The Morgan fingerprint density at radius 3 is 2.55 bits per heavy atom. The van der Waals surface area contributed by atoms with Crippen molar-refractivity contribution in [2.45, 2.75) is 0 Å². The first-order chi connectivity index (χ1) is 15.1. The molecule has 150 valence electrons. The normalized spacial score (nSPS) is 13.4. The number of para-hydroxylation sites is 1. The lowest BCUT2D eigenvalue weighted by Crippen LogP contribution is -2.08. The van der Waals surface area contributed by atoms with Gasteiger partial charge in [-0.15, -0.1) is 10.2 Å². The molecule has 3 N–H and O–H groups in total. The first kappa shape index (κ1) is 18.6. The van der Waals surface area contributed by atoms with Crippen LogP contribution in [0.1, 0.15) is 21.5 Å². The Morgan fingerprint density at radius 2 is 1.74 bits per heavy atom. The highest BCUT2D eigenvalue weighted by Crippen LogP contribution is 2.27. The molecule has 4 aromatic rings. The minimum atomic E-state index is -0.947. The molecule has 5 rings (SSSR count). The van der Waals surface area contributed by atoms with E-state index in [9.17, 15) is 9.90 Å². The van der Waals surface area contributed by atoms with Crippen LogP contribution in [0.25, 0.3) is 28.8 Å². The number of fused-ring (bicyclic) bond motifs is 2. The largest absolute Gasteiger partial charge is 0.494 e. The smallest absolute Gasteiger partial charge is 0.335 e. The quantitative estimate of drug-likeness (QED) is 0.470. The molecule has 3 aromatic carbocycles. The number of aromatic amines is 1. The predicted octanol–water partition coefficient (Wildman–Crippen LogP) is 4.32. The number of carboxylic acid groups (broad SMARTS) is 1. The lowest BCUT2D eigenvalue weighted by Gasteiger charge is -1.96. The number of H-pyrrole nitrogens is 1. The predicted molar refractivity (Wildman–Crippen MR) is 120 cm³/mol. The Hall–Kier alpha value is -4.45. The maximum absolute atomic E-state index is 11.0. The molecule has 0 unspecified atom stereocenters. The monoisotopic (exact) mass is 407 g/mol. The van der Waals surface area contributed by atoms with Crippen molar-refractivity contribution in [2.24, 2.45) is 10.2 Å². The topological polar surface area (TPSA) is 98.0 Å². The number of nitrogens with one attached hydrogen (secondary N) is 1. The summed E-state index contributed by atoms with van der Waals surface area (Å²) in [6, 6.07) is 20.2. The van der Waals surface area contributed by atoms with Crippen molar-refractivity contribution in [1.82, 2.24) is 4.98 Å². The van der Waals surface area contributed by atoms with Crippen LogP contribution in [0.4, 0.5) is 5.69 Å². The van der Waals surface area contributed by atoms with Crippen LogP contribution < -0.4 is 10.4 Å². The summed E-state index contributed by atoms with van der Waals surface area (Å²) in [7, 11) is 0. The van der Waals surface area contributed by atoms with Gasteiger partial charge in [-0.05, 0) is 53.3 Å². The van der Waals surface area contributed by atoms with E-state index in [4.69, 9.17) is 5.11 Å². The van der Waals surface area contributed by atoms with Crippen LogP contribution in [-0.4, -0.2) is 21.2 Å². The Balaban J connectivity index is 1.49. The molecule has 1 aliphatic heterocycles. The summed E-state index contributed by atoms with van der Waals surface area (Å²) in [5.74, 6) is -0.815. The maximum Gasteiger partial charge on any atom is 0.335 e. The molecule has 0 bridgehead atoms. The summed E-state index contributed by atoms with van der Waals surface area (Å²) in [6.45, 7) is 0. The SMILES string of the molecule is O=C(O)c1ccc(/C=C/C2=c3cc/c(=C\c4c(O)[nH]c5ccccc45)cc3N=N2)cc1. The van der Waals surface area contributed by atoms with E-state index in [2.05, 4.69) is 15.2 Å². The van der Waals surface area contributed by atoms with Gasteiger partial charge in [0.05, 0.1) is 16.9 Å².